The molecule has 1 atom stereocenters. The van der Waals surface area contributed by atoms with Crippen LogP contribution in [-0.4, -0.2) is 56.4 Å². The number of fused-ring (bicyclic) bond motifs is 6. The highest BCUT2D eigenvalue weighted by molar-refractivity contribution is 5.74. The molecule has 0 radical (unpaired) electrons. The fourth-order valence-electron chi connectivity index (χ4n) is 4.24. The van der Waals surface area contributed by atoms with E-state index >= 15 is 0 Å². The minimum absolute atomic E-state index is 0. The van der Waals surface area contributed by atoms with Gasteiger partial charge in [0.05, 0.1) is 18.8 Å². The maximum atomic E-state index is 6.16. The first kappa shape index (κ1) is 25.4. The Labute approximate surface area is 224 Å². The molecule has 3 heterocycles. The monoisotopic (exact) mass is 513 g/mol. The third-order valence-corrected chi connectivity index (χ3v) is 6.20. The summed E-state index contributed by atoms with van der Waals surface area (Å²) in [5.41, 5.74) is 3.79. The van der Waals surface area contributed by atoms with Crippen molar-refractivity contribution in [1.82, 2.24) is 29.6 Å². The number of aromatic nitrogens is 5. The summed E-state index contributed by atoms with van der Waals surface area (Å²) < 4.78 is 14.1. The van der Waals surface area contributed by atoms with Gasteiger partial charge in [-0.3, -0.25) is 4.90 Å². The van der Waals surface area contributed by atoms with Crippen molar-refractivity contribution in [2.45, 2.75) is 26.4 Å². The van der Waals surface area contributed by atoms with Crippen LogP contribution in [0.2, 0.25) is 0 Å². The lowest BCUT2D eigenvalue weighted by Crippen LogP contribution is -2.19. The van der Waals surface area contributed by atoms with E-state index in [2.05, 4.69) is 75.7 Å². The molecular formula is C29H35N7O2. The second-order valence-electron chi connectivity index (χ2n) is 9.48. The van der Waals surface area contributed by atoms with E-state index in [9.17, 15) is 0 Å². The number of benzene rings is 1. The predicted molar refractivity (Wildman–Crippen MR) is 150 cm³/mol. The van der Waals surface area contributed by atoms with Crippen molar-refractivity contribution in [2.75, 3.05) is 32.1 Å². The number of rotatable bonds is 4. The number of ether oxygens (including phenoxy) is 2. The molecule has 198 valence electrons. The first-order valence-electron chi connectivity index (χ1n) is 12.9. The lowest BCUT2D eigenvalue weighted by molar-refractivity contribution is 0.199. The van der Waals surface area contributed by atoms with Gasteiger partial charge in [0.1, 0.15) is 30.8 Å². The van der Waals surface area contributed by atoms with Crippen molar-refractivity contribution in [2.24, 2.45) is 5.92 Å². The zero-order valence-electron chi connectivity index (χ0n) is 21.8. The minimum Gasteiger partial charge on any atom is -0.493 e. The SMILES string of the molecule is CC1/C=C/CN(C)Cc2cc(ccc2OCCn2cncn2)Nc2nccc(n2)C2=CC(=CCC=C2)OC1.[HH]. The number of nitrogens with zero attached hydrogens (tertiary/aromatic N) is 6. The maximum Gasteiger partial charge on any atom is 0.227 e. The predicted octanol–water partition coefficient (Wildman–Crippen LogP) is 5.02. The van der Waals surface area contributed by atoms with Crippen molar-refractivity contribution in [1.29, 1.82) is 0 Å². The topological polar surface area (TPSA) is 90.2 Å². The van der Waals surface area contributed by atoms with Gasteiger partial charge in [-0.1, -0.05) is 31.2 Å². The van der Waals surface area contributed by atoms with Crippen LogP contribution in [0, 0.1) is 5.92 Å². The molecule has 5 rings (SSSR count). The summed E-state index contributed by atoms with van der Waals surface area (Å²) in [6, 6.07) is 8.01. The Kier molecular flexibility index (Phi) is 8.25. The molecule has 0 spiro atoms. The van der Waals surface area contributed by atoms with Gasteiger partial charge in [-0.25, -0.2) is 19.6 Å². The molecular weight excluding hydrogens is 478 g/mol. The van der Waals surface area contributed by atoms with Crippen molar-refractivity contribution in [3.63, 3.8) is 0 Å². The zero-order chi connectivity index (χ0) is 26.2. The third kappa shape index (κ3) is 6.95. The summed E-state index contributed by atoms with van der Waals surface area (Å²) in [6.45, 7) is 5.42. The Morgan fingerprint density at radius 2 is 2.18 bits per heavy atom. The summed E-state index contributed by atoms with van der Waals surface area (Å²) >= 11 is 0. The molecule has 1 aromatic carbocycles. The lowest BCUT2D eigenvalue weighted by Gasteiger charge is -2.19. The highest BCUT2D eigenvalue weighted by Gasteiger charge is 2.12. The Morgan fingerprint density at radius 1 is 1.24 bits per heavy atom. The molecule has 1 aliphatic heterocycles. The van der Waals surface area contributed by atoms with Crippen molar-refractivity contribution >= 4 is 17.2 Å². The number of nitrogens with one attached hydrogen (secondary N) is 1. The molecule has 1 unspecified atom stereocenters. The summed E-state index contributed by atoms with van der Waals surface area (Å²) in [6.07, 6.45) is 18.6. The van der Waals surface area contributed by atoms with Crippen molar-refractivity contribution < 1.29 is 10.9 Å². The second kappa shape index (κ2) is 12.3. The summed E-state index contributed by atoms with van der Waals surface area (Å²) in [5, 5.41) is 7.52. The number of hydrogen-bond acceptors (Lipinski definition) is 8. The van der Waals surface area contributed by atoms with Crippen LogP contribution >= 0.6 is 0 Å². The normalized spacial score (nSPS) is 19.1. The molecule has 1 aliphatic carbocycles. The highest BCUT2D eigenvalue weighted by Crippen LogP contribution is 2.27. The van der Waals surface area contributed by atoms with Crippen LogP contribution < -0.4 is 10.1 Å². The van der Waals surface area contributed by atoms with Crippen molar-refractivity contribution in [3.05, 3.63) is 96.6 Å². The molecule has 9 nitrogen and oxygen atoms in total. The minimum atomic E-state index is 0. The second-order valence-corrected chi connectivity index (χ2v) is 9.48. The van der Waals surface area contributed by atoms with E-state index in [1.165, 1.54) is 6.33 Å². The van der Waals surface area contributed by atoms with Gasteiger partial charge in [0.15, 0.2) is 0 Å². The van der Waals surface area contributed by atoms with Crippen molar-refractivity contribution in [3.8, 4) is 5.75 Å². The van der Waals surface area contributed by atoms with E-state index in [1.54, 1.807) is 17.2 Å². The average molecular weight is 514 g/mol. The number of anilines is 2. The average Bonchev–Trinajstić information content (AvgIpc) is 3.31. The molecule has 0 fully saturated rings. The number of allylic oxidation sites excluding steroid dienone is 5. The Hall–Kier alpha value is -4.24. The van der Waals surface area contributed by atoms with E-state index in [1.807, 2.05) is 24.3 Å². The van der Waals surface area contributed by atoms with Gasteiger partial charge in [0, 0.05) is 43.5 Å². The van der Waals surface area contributed by atoms with Gasteiger partial charge >= 0.3 is 0 Å². The smallest absolute Gasteiger partial charge is 0.227 e. The van der Waals surface area contributed by atoms with Crippen LogP contribution in [0.3, 0.4) is 0 Å². The van der Waals surface area contributed by atoms with Gasteiger partial charge in [0.2, 0.25) is 5.95 Å². The van der Waals surface area contributed by atoms with Gasteiger partial charge in [-0.2, -0.15) is 5.10 Å². The maximum absolute atomic E-state index is 6.16. The van der Waals surface area contributed by atoms with Crippen LogP contribution in [0.5, 0.6) is 5.75 Å². The molecule has 38 heavy (non-hydrogen) atoms. The van der Waals surface area contributed by atoms with Crippen LogP contribution in [-0.2, 0) is 17.8 Å². The van der Waals surface area contributed by atoms with Gasteiger partial charge in [0.25, 0.3) is 0 Å². The zero-order valence-corrected chi connectivity index (χ0v) is 21.8. The Balaban J connectivity index is 0.00000353. The quantitative estimate of drug-likeness (QED) is 0.487. The Bertz CT molecular complexity index is 1350. The van der Waals surface area contributed by atoms with Crippen LogP contribution in [0.25, 0.3) is 5.57 Å². The Morgan fingerprint density at radius 3 is 3.08 bits per heavy atom. The van der Waals surface area contributed by atoms with Gasteiger partial charge < -0.3 is 14.8 Å². The molecule has 0 amide bonds. The fourth-order valence-corrected chi connectivity index (χ4v) is 4.24. The van der Waals surface area contributed by atoms with Gasteiger partial charge in [-0.15, -0.1) is 0 Å². The molecule has 3 aromatic rings. The molecule has 0 saturated heterocycles. The fraction of sp³-hybridized carbons (Fsp3) is 0.310. The molecule has 9 heteroatoms. The summed E-state index contributed by atoms with van der Waals surface area (Å²) in [5.74, 6) is 2.51. The lowest BCUT2D eigenvalue weighted by atomic mass is 10.1. The molecule has 2 aliphatic rings. The van der Waals surface area contributed by atoms with Crippen LogP contribution in [0.1, 0.15) is 26.0 Å². The van der Waals surface area contributed by atoms with E-state index in [4.69, 9.17) is 14.5 Å². The van der Waals surface area contributed by atoms with Crippen LogP contribution in [0.15, 0.2) is 85.3 Å². The molecule has 1 N–H and O–H groups in total. The summed E-state index contributed by atoms with van der Waals surface area (Å²) in [7, 11) is 2.10. The largest absolute Gasteiger partial charge is 0.493 e. The highest BCUT2D eigenvalue weighted by atomic mass is 16.5. The van der Waals surface area contributed by atoms with E-state index in [0.717, 1.165) is 53.5 Å². The molecule has 6 bridgehead atoms. The van der Waals surface area contributed by atoms with E-state index in [0.29, 0.717) is 25.7 Å². The van der Waals surface area contributed by atoms with E-state index < -0.39 is 0 Å². The molecule has 0 saturated carbocycles. The van der Waals surface area contributed by atoms with E-state index in [-0.39, 0.29) is 7.34 Å². The molecule has 2 aromatic heterocycles. The summed E-state index contributed by atoms with van der Waals surface area (Å²) in [4.78, 5) is 15.5. The van der Waals surface area contributed by atoms with Crippen LogP contribution in [0.4, 0.5) is 11.6 Å². The van der Waals surface area contributed by atoms with Gasteiger partial charge in [-0.05, 0) is 49.9 Å². The first-order valence-corrected chi connectivity index (χ1v) is 12.9. The number of hydrogen-bond donors (Lipinski definition) is 1. The standard InChI is InChI=1S/C29H33N7O2.H2/c1-22-6-5-13-35(2)18-24-16-25(9-10-28(24)37-15-14-36-21-30-20-32-36)33-29-31-12-11-27(34-29)23-7-3-4-8-26(17-23)38-19-22;/h3,5-12,16-17,20-22H,4,13-15,18-19H2,1-2H3,(H,31,33,34);1H/b6-5+;. The number of likely N-dealkylation sites (N-methyl/N-ethyl adjacent to an activating group) is 1. The first-order chi connectivity index (χ1) is 18.6. The third-order valence-electron chi connectivity index (χ3n) is 6.20.